The highest BCUT2D eigenvalue weighted by Gasteiger charge is 2.00. The van der Waals surface area contributed by atoms with Crippen LogP contribution in [0.3, 0.4) is 0 Å². The van der Waals surface area contributed by atoms with Crippen molar-refractivity contribution in [2.75, 3.05) is 7.11 Å². The SMILES string of the molecule is C=C(C)c1ccc(Br)c(OC)c1. The number of rotatable bonds is 2. The molecule has 0 aliphatic rings. The van der Waals surface area contributed by atoms with Crippen molar-refractivity contribution in [3.63, 3.8) is 0 Å². The molecule has 0 saturated carbocycles. The zero-order chi connectivity index (χ0) is 9.14. The van der Waals surface area contributed by atoms with Crippen LogP contribution in [0.5, 0.6) is 5.75 Å². The minimum atomic E-state index is 0.843. The molecule has 2 heteroatoms. The molecule has 0 fully saturated rings. The Morgan fingerprint density at radius 1 is 1.50 bits per heavy atom. The van der Waals surface area contributed by atoms with Gasteiger partial charge >= 0.3 is 0 Å². The van der Waals surface area contributed by atoms with E-state index in [0.717, 1.165) is 21.4 Å². The molecule has 0 heterocycles. The molecule has 0 amide bonds. The predicted molar refractivity (Wildman–Crippen MR) is 55.4 cm³/mol. The summed E-state index contributed by atoms with van der Waals surface area (Å²) in [4.78, 5) is 0. The van der Waals surface area contributed by atoms with E-state index in [4.69, 9.17) is 4.74 Å². The van der Waals surface area contributed by atoms with Gasteiger partial charge in [-0.15, -0.1) is 0 Å². The predicted octanol–water partition coefficient (Wildman–Crippen LogP) is 3.49. The van der Waals surface area contributed by atoms with E-state index in [2.05, 4.69) is 22.5 Å². The maximum Gasteiger partial charge on any atom is 0.133 e. The van der Waals surface area contributed by atoms with E-state index in [1.807, 2.05) is 25.1 Å². The second-order valence-corrected chi connectivity index (χ2v) is 3.48. The fraction of sp³-hybridized carbons (Fsp3) is 0.200. The summed E-state index contributed by atoms with van der Waals surface area (Å²) in [5.74, 6) is 0.843. The fourth-order valence-corrected chi connectivity index (χ4v) is 1.33. The molecule has 0 unspecified atom stereocenters. The number of hydrogen-bond acceptors (Lipinski definition) is 1. The van der Waals surface area contributed by atoms with E-state index in [9.17, 15) is 0 Å². The molecule has 0 saturated heterocycles. The third-order valence-electron chi connectivity index (χ3n) is 1.64. The van der Waals surface area contributed by atoms with Crippen molar-refractivity contribution in [3.8, 4) is 5.75 Å². The van der Waals surface area contributed by atoms with Crippen molar-refractivity contribution < 1.29 is 4.74 Å². The Labute approximate surface area is 81.2 Å². The molecule has 1 aromatic rings. The first-order valence-corrected chi connectivity index (χ1v) is 4.44. The van der Waals surface area contributed by atoms with Crippen LogP contribution >= 0.6 is 15.9 Å². The maximum atomic E-state index is 5.15. The van der Waals surface area contributed by atoms with Crippen LogP contribution in [0.2, 0.25) is 0 Å². The molecule has 0 spiro atoms. The van der Waals surface area contributed by atoms with E-state index in [0.29, 0.717) is 0 Å². The Morgan fingerprint density at radius 2 is 2.17 bits per heavy atom. The summed E-state index contributed by atoms with van der Waals surface area (Å²) >= 11 is 3.39. The standard InChI is InChI=1S/C10H11BrO/c1-7(2)8-4-5-9(11)10(6-8)12-3/h4-6H,1H2,2-3H3. The van der Waals surface area contributed by atoms with Gasteiger partial charge in [-0.25, -0.2) is 0 Å². The molecule has 0 atom stereocenters. The van der Waals surface area contributed by atoms with Crippen molar-refractivity contribution in [1.82, 2.24) is 0 Å². The Bertz CT molecular complexity index is 305. The van der Waals surface area contributed by atoms with Crippen molar-refractivity contribution in [3.05, 3.63) is 34.8 Å². The van der Waals surface area contributed by atoms with E-state index in [1.165, 1.54) is 0 Å². The molecule has 0 bridgehead atoms. The topological polar surface area (TPSA) is 9.23 Å². The smallest absolute Gasteiger partial charge is 0.133 e. The number of methoxy groups -OCH3 is 1. The molecular weight excluding hydrogens is 216 g/mol. The lowest BCUT2D eigenvalue weighted by Gasteiger charge is -2.05. The average molecular weight is 227 g/mol. The van der Waals surface area contributed by atoms with Gasteiger partial charge in [-0.05, 0) is 40.5 Å². The summed E-state index contributed by atoms with van der Waals surface area (Å²) in [6.07, 6.45) is 0. The summed E-state index contributed by atoms with van der Waals surface area (Å²) in [6.45, 7) is 5.83. The van der Waals surface area contributed by atoms with Gasteiger partial charge in [0.05, 0.1) is 11.6 Å². The normalized spacial score (nSPS) is 9.58. The average Bonchev–Trinajstić information content (AvgIpc) is 2.05. The van der Waals surface area contributed by atoms with Crippen molar-refractivity contribution in [2.24, 2.45) is 0 Å². The Balaban J connectivity index is 3.13. The van der Waals surface area contributed by atoms with Crippen LogP contribution in [0.4, 0.5) is 0 Å². The molecule has 12 heavy (non-hydrogen) atoms. The van der Waals surface area contributed by atoms with Gasteiger partial charge in [-0.3, -0.25) is 0 Å². The molecule has 64 valence electrons. The van der Waals surface area contributed by atoms with Crippen LogP contribution < -0.4 is 4.74 Å². The lowest BCUT2D eigenvalue weighted by Crippen LogP contribution is -1.86. The molecule has 1 aromatic carbocycles. The lowest BCUT2D eigenvalue weighted by atomic mass is 10.1. The summed E-state index contributed by atoms with van der Waals surface area (Å²) < 4.78 is 6.12. The van der Waals surface area contributed by atoms with Gasteiger partial charge in [0, 0.05) is 0 Å². The summed E-state index contributed by atoms with van der Waals surface area (Å²) in [6, 6.07) is 5.93. The zero-order valence-corrected chi connectivity index (χ0v) is 8.81. The van der Waals surface area contributed by atoms with E-state index < -0.39 is 0 Å². The number of allylic oxidation sites excluding steroid dienone is 1. The second-order valence-electron chi connectivity index (χ2n) is 2.63. The second kappa shape index (κ2) is 3.76. The molecule has 0 aromatic heterocycles. The van der Waals surface area contributed by atoms with Gasteiger partial charge in [-0.1, -0.05) is 18.2 Å². The molecule has 0 aliphatic heterocycles. The molecule has 0 aliphatic carbocycles. The van der Waals surface area contributed by atoms with Crippen LogP contribution in [0.15, 0.2) is 29.3 Å². The number of hydrogen-bond donors (Lipinski definition) is 0. The minimum absolute atomic E-state index is 0.843. The first-order chi connectivity index (χ1) is 5.65. The fourth-order valence-electron chi connectivity index (χ4n) is 0.925. The first kappa shape index (κ1) is 9.33. The van der Waals surface area contributed by atoms with Gasteiger partial charge < -0.3 is 4.74 Å². The first-order valence-electron chi connectivity index (χ1n) is 3.64. The number of ether oxygens (including phenoxy) is 1. The highest BCUT2D eigenvalue weighted by molar-refractivity contribution is 9.10. The van der Waals surface area contributed by atoms with Gasteiger partial charge in [0.2, 0.25) is 0 Å². The molecule has 1 nitrogen and oxygen atoms in total. The van der Waals surface area contributed by atoms with Crippen LogP contribution in [0, 0.1) is 0 Å². The van der Waals surface area contributed by atoms with Gasteiger partial charge in [0.15, 0.2) is 0 Å². The van der Waals surface area contributed by atoms with Crippen LogP contribution in [-0.4, -0.2) is 7.11 Å². The van der Waals surface area contributed by atoms with Crippen LogP contribution in [0.25, 0.3) is 5.57 Å². The van der Waals surface area contributed by atoms with Crippen molar-refractivity contribution in [1.29, 1.82) is 0 Å². The molecule has 0 N–H and O–H groups in total. The molecule has 1 rings (SSSR count). The highest BCUT2D eigenvalue weighted by Crippen LogP contribution is 2.27. The number of halogens is 1. The molecule has 0 radical (unpaired) electrons. The lowest BCUT2D eigenvalue weighted by molar-refractivity contribution is 0.412. The van der Waals surface area contributed by atoms with Gasteiger partial charge in [0.25, 0.3) is 0 Å². The maximum absolute atomic E-state index is 5.15. The summed E-state index contributed by atoms with van der Waals surface area (Å²) in [5.41, 5.74) is 2.15. The summed E-state index contributed by atoms with van der Waals surface area (Å²) in [7, 11) is 1.66. The van der Waals surface area contributed by atoms with Crippen LogP contribution in [0.1, 0.15) is 12.5 Å². The third-order valence-corrected chi connectivity index (χ3v) is 2.30. The van der Waals surface area contributed by atoms with Crippen molar-refractivity contribution >= 4 is 21.5 Å². The Kier molecular flexibility index (Phi) is 2.93. The van der Waals surface area contributed by atoms with Crippen LogP contribution in [-0.2, 0) is 0 Å². The summed E-state index contributed by atoms with van der Waals surface area (Å²) in [5, 5.41) is 0. The van der Waals surface area contributed by atoms with Gasteiger partial charge in [0.1, 0.15) is 5.75 Å². The number of benzene rings is 1. The van der Waals surface area contributed by atoms with E-state index in [-0.39, 0.29) is 0 Å². The van der Waals surface area contributed by atoms with E-state index in [1.54, 1.807) is 7.11 Å². The minimum Gasteiger partial charge on any atom is -0.496 e. The Morgan fingerprint density at radius 3 is 2.67 bits per heavy atom. The monoisotopic (exact) mass is 226 g/mol. The Hall–Kier alpha value is -0.760. The van der Waals surface area contributed by atoms with Crippen molar-refractivity contribution in [2.45, 2.75) is 6.92 Å². The van der Waals surface area contributed by atoms with Gasteiger partial charge in [-0.2, -0.15) is 0 Å². The third kappa shape index (κ3) is 1.89. The molecular formula is C10H11BrO. The zero-order valence-electron chi connectivity index (χ0n) is 7.23. The largest absolute Gasteiger partial charge is 0.496 e. The quantitative estimate of drug-likeness (QED) is 0.751. The highest BCUT2D eigenvalue weighted by atomic mass is 79.9. The van der Waals surface area contributed by atoms with E-state index >= 15 is 0 Å².